The number of benzene rings is 2. The van der Waals surface area contributed by atoms with Gasteiger partial charge in [0.1, 0.15) is 5.82 Å². The van der Waals surface area contributed by atoms with Crippen molar-refractivity contribution in [3.05, 3.63) is 84.0 Å². The lowest BCUT2D eigenvalue weighted by atomic mass is 10.2. The molecule has 3 aromatic heterocycles. The third kappa shape index (κ3) is 4.95. The van der Waals surface area contributed by atoms with E-state index in [1.165, 1.54) is 11.3 Å². The number of esters is 1. The molecule has 0 aliphatic carbocycles. The number of hydrogen-bond donors (Lipinski definition) is 2. The third-order valence-electron chi connectivity index (χ3n) is 5.37. The lowest BCUT2D eigenvalue weighted by Gasteiger charge is -2.15. The first-order valence-corrected chi connectivity index (χ1v) is 11.9. The van der Waals surface area contributed by atoms with Crippen molar-refractivity contribution in [1.29, 1.82) is 0 Å². The molecule has 5 rings (SSSR count). The van der Waals surface area contributed by atoms with Gasteiger partial charge < -0.3 is 9.72 Å². The van der Waals surface area contributed by atoms with Gasteiger partial charge in [0.15, 0.2) is 11.2 Å². The maximum Gasteiger partial charge on any atom is 0.338 e. The number of aromatic nitrogens is 4. The van der Waals surface area contributed by atoms with Crippen LogP contribution in [-0.4, -0.2) is 37.9 Å². The molecule has 0 aliphatic heterocycles. The predicted molar refractivity (Wildman–Crippen MR) is 135 cm³/mol. The van der Waals surface area contributed by atoms with Gasteiger partial charge in [-0.25, -0.2) is 14.8 Å². The molecule has 9 heteroatoms. The number of pyridine rings is 1. The van der Waals surface area contributed by atoms with Crippen LogP contribution in [0.5, 0.6) is 0 Å². The number of carbonyl (C=O) groups is 2. The summed E-state index contributed by atoms with van der Waals surface area (Å²) in [6, 6.07) is 18.5. The highest BCUT2D eigenvalue weighted by Crippen LogP contribution is 2.25. The van der Waals surface area contributed by atoms with Crippen molar-refractivity contribution in [3.8, 4) is 22.6 Å². The van der Waals surface area contributed by atoms with Crippen molar-refractivity contribution in [2.45, 2.75) is 19.4 Å². The first kappa shape index (κ1) is 22.4. The van der Waals surface area contributed by atoms with Gasteiger partial charge in [-0.3, -0.25) is 15.1 Å². The number of fused-ring (bicyclic) bond motifs is 1. The molecule has 0 fully saturated rings. The van der Waals surface area contributed by atoms with Gasteiger partial charge in [-0.1, -0.05) is 37.3 Å². The number of amides is 1. The molecule has 2 N–H and O–H groups in total. The molecule has 0 radical (unpaired) electrons. The summed E-state index contributed by atoms with van der Waals surface area (Å²) < 4.78 is 5.53. The lowest BCUT2D eigenvalue weighted by Crippen LogP contribution is -2.32. The number of aromatic amines is 1. The Bertz CT molecular complexity index is 1480. The smallest absolute Gasteiger partial charge is 0.338 e. The van der Waals surface area contributed by atoms with E-state index in [9.17, 15) is 9.59 Å². The average Bonchev–Trinajstić information content (AvgIpc) is 3.55. The first-order valence-electron chi connectivity index (χ1n) is 11.0. The number of nitrogens with zero attached hydrogens (tertiary/aromatic N) is 3. The second kappa shape index (κ2) is 9.86. The summed E-state index contributed by atoms with van der Waals surface area (Å²) in [6.07, 6.45) is 2.78. The van der Waals surface area contributed by atoms with E-state index in [2.05, 4.69) is 25.3 Å². The zero-order valence-corrected chi connectivity index (χ0v) is 19.6. The fraction of sp³-hybridized carbons (Fsp3) is 0.115. The lowest BCUT2D eigenvalue weighted by molar-refractivity contribution is -0.124. The van der Waals surface area contributed by atoms with Crippen LogP contribution in [0.4, 0.5) is 5.13 Å². The zero-order valence-electron chi connectivity index (χ0n) is 18.8. The average molecular weight is 484 g/mol. The number of ether oxygens (including phenoxy) is 1. The number of carbonyl (C=O) groups excluding carboxylic acids is 2. The molecule has 1 atom stereocenters. The van der Waals surface area contributed by atoms with Gasteiger partial charge in [0.2, 0.25) is 0 Å². The summed E-state index contributed by atoms with van der Waals surface area (Å²) in [5, 5.41) is 5.08. The molecular formula is C26H21N5O3S. The van der Waals surface area contributed by atoms with Gasteiger partial charge in [0.25, 0.3) is 5.91 Å². The van der Waals surface area contributed by atoms with E-state index in [0.717, 1.165) is 16.8 Å². The number of thiazole rings is 1. The molecule has 35 heavy (non-hydrogen) atoms. The van der Waals surface area contributed by atoms with Crippen LogP contribution in [0.2, 0.25) is 0 Å². The number of hydrogen-bond acceptors (Lipinski definition) is 7. The van der Waals surface area contributed by atoms with E-state index < -0.39 is 18.0 Å². The van der Waals surface area contributed by atoms with Crippen molar-refractivity contribution in [3.63, 3.8) is 0 Å². The number of imidazole rings is 1. The Labute approximate surface area is 205 Å². The summed E-state index contributed by atoms with van der Waals surface area (Å²) in [7, 11) is 0. The standard InChI is InChI=1S/C26H21N5O3S/c1-2-22(24(32)31-26-30-21(15-35-26)16-7-4-3-5-8-16)34-25(33)17-10-11-19-20(13-17)29-23(28-19)18-9-6-12-27-14-18/h3-15,22H,2H2,1H3,(H,28,29)(H,30,31,32). The first-order chi connectivity index (χ1) is 17.1. The highest BCUT2D eigenvalue weighted by Gasteiger charge is 2.23. The maximum atomic E-state index is 12.8. The monoisotopic (exact) mass is 483 g/mol. The van der Waals surface area contributed by atoms with Gasteiger partial charge in [-0.2, -0.15) is 0 Å². The topological polar surface area (TPSA) is 110 Å². The van der Waals surface area contributed by atoms with Crippen molar-refractivity contribution in [2.24, 2.45) is 0 Å². The SMILES string of the molecule is CCC(OC(=O)c1ccc2nc(-c3cccnc3)[nH]c2c1)C(=O)Nc1nc(-c2ccccc2)cs1. The molecule has 3 heterocycles. The highest BCUT2D eigenvalue weighted by atomic mass is 32.1. The van der Waals surface area contributed by atoms with E-state index >= 15 is 0 Å². The third-order valence-corrected chi connectivity index (χ3v) is 6.13. The Balaban J connectivity index is 1.27. The Kier molecular flexibility index (Phi) is 6.32. The van der Waals surface area contributed by atoms with E-state index in [-0.39, 0.29) is 0 Å². The quantitative estimate of drug-likeness (QED) is 0.303. The zero-order chi connectivity index (χ0) is 24.2. The second-order valence-electron chi connectivity index (χ2n) is 7.75. The molecule has 0 spiro atoms. The summed E-state index contributed by atoms with van der Waals surface area (Å²) in [6.45, 7) is 1.78. The van der Waals surface area contributed by atoms with Gasteiger partial charge in [-0.05, 0) is 36.8 Å². The van der Waals surface area contributed by atoms with Gasteiger partial charge in [0, 0.05) is 28.9 Å². The Morgan fingerprint density at radius 3 is 2.66 bits per heavy atom. The molecule has 0 bridgehead atoms. The number of rotatable bonds is 7. The molecule has 5 aromatic rings. The minimum absolute atomic E-state index is 0.325. The summed E-state index contributed by atoms with van der Waals surface area (Å²) in [5.74, 6) is -0.352. The Morgan fingerprint density at radius 2 is 1.89 bits per heavy atom. The van der Waals surface area contributed by atoms with E-state index in [0.29, 0.717) is 34.0 Å². The number of anilines is 1. The van der Waals surface area contributed by atoms with Crippen molar-refractivity contribution in [1.82, 2.24) is 19.9 Å². The van der Waals surface area contributed by atoms with Crippen molar-refractivity contribution >= 4 is 39.4 Å². The van der Waals surface area contributed by atoms with Gasteiger partial charge >= 0.3 is 5.97 Å². The summed E-state index contributed by atoms with van der Waals surface area (Å²) in [5.41, 5.74) is 4.30. The Morgan fingerprint density at radius 1 is 1.06 bits per heavy atom. The van der Waals surface area contributed by atoms with E-state index in [4.69, 9.17) is 4.74 Å². The minimum Gasteiger partial charge on any atom is -0.449 e. The second-order valence-corrected chi connectivity index (χ2v) is 8.61. The van der Waals surface area contributed by atoms with E-state index in [1.807, 2.05) is 47.8 Å². The van der Waals surface area contributed by atoms with Crippen LogP contribution in [0.15, 0.2) is 78.4 Å². The molecule has 2 aromatic carbocycles. The van der Waals surface area contributed by atoms with Crippen LogP contribution in [0.25, 0.3) is 33.7 Å². The van der Waals surface area contributed by atoms with Crippen LogP contribution < -0.4 is 5.32 Å². The van der Waals surface area contributed by atoms with Gasteiger partial charge in [-0.15, -0.1) is 11.3 Å². The predicted octanol–water partition coefficient (Wildman–Crippen LogP) is 5.32. The fourth-order valence-corrected chi connectivity index (χ4v) is 4.28. The van der Waals surface area contributed by atoms with Crippen LogP contribution in [0.3, 0.4) is 0 Å². The van der Waals surface area contributed by atoms with Crippen LogP contribution in [0.1, 0.15) is 23.7 Å². The van der Waals surface area contributed by atoms with Crippen LogP contribution >= 0.6 is 11.3 Å². The molecular weight excluding hydrogens is 462 g/mol. The molecule has 174 valence electrons. The molecule has 1 unspecified atom stereocenters. The molecule has 8 nitrogen and oxygen atoms in total. The largest absolute Gasteiger partial charge is 0.449 e. The molecule has 0 aliphatic rings. The van der Waals surface area contributed by atoms with Crippen molar-refractivity contribution < 1.29 is 14.3 Å². The maximum absolute atomic E-state index is 12.8. The molecule has 0 saturated carbocycles. The minimum atomic E-state index is -0.949. The normalized spacial score (nSPS) is 11.8. The molecule has 1 amide bonds. The Hall–Kier alpha value is -4.37. The number of H-pyrrole nitrogens is 1. The van der Waals surface area contributed by atoms with Crippen LogP contribution in [0, 0.1) is 0 Å². The van der Waals surface area contributed by atoms with Crippen LogP contribution in [-0.2, 0) is 9.53 Å². The molecule has 0 saturated heterocycles. The summed E-state index contributed by atoms with van der Waals surface area (Å²) >= 11 is 1.32. The summed E-state index contributed by atoms with van der Waals surface area (Å²) in [4.78, 5) is 41.9. The fourth-order valence-electron chi connectivity index (χ4n) is 3.55. The van der Waals surface area contributed by atoms with Gasteiger partial charge in [0.05, 0.1) is 22.3 Å². The van der Waals surface area contributed by atoms with Crippen molar-refractivity contribution in [2.75, 3.05) is 5.32 Å². The van der Waals surface area contributed by atoms with E-state index in [1.54, 1.807) is 37.5 Å². The highest BCUT2D eigenvalue weighted by molar-refractivity contribution is 7.14. The number of nitrogens with one attached hydrogen (secondary N) is 2.